The molecule has 3 aromatic heterocycles. The molecule has 0 saturated carbocycles. The molecule has 10 heteroatoms. The fourth-order valence-corrected chi connectivity index (χ4v) is 3.98. The fourth-order valence-electron chi connectivity index (χ4n) is 3.98. The standard InChI is InChI=1S/C25H28N4O6/c30-22(31)11-3-1-5-13-28-15-7-9-18-24(28)26-20(34-18)17-21-27-25-19(35-21)10-8-16-29(25)14-6-2-4-12-23(32)33/h7-10,15-17H,1-6,11-14H2,(H-,30,31,32,33)/p+1. The van der Waals surface area contributed by atoms with E-state index in [9.17, 15) is 9.59 Å². The van der Waals surface area contributed by atoms with Crippen LogP contribution in [-0.4, -0.2) is 38.7 Å². The maximum atomic E-state index is 10.7. The molecule has 2 N–H and O–H groups in total. The number of fused-ring (bicyclic) bond motifs is 2. The van der Waals surface area contributed by atoms with Gasteiger partial charge in [-0.25, -0.2) is 4.57 Å². The highest BCUT2D eigenvalue weighted by molar-refractivity contribution is 5.67. The number of allylic oxidation sites excluding steroid dienone is 1. The Bertz CT molecular complexity index is 1340. The second kappa shape index (κ2) is 11.5. The molecule has 0 radical (unpaired) electrons. The third-order valence-corrected chi connectivity index (χ3v) is 5.70. The maximum Gasteiger partial charge on any atom is 0.370 e. The summed E-state index contributed by atoms with van der Waals surface area (Å²) in [6.07, 6.45) is 14.3. The third kappa shape index (κ3) is 6.56. The molecule has 184 valence electrons. The van der Waals surface area contributed by atoms with Gasteiger partial charge in [0, 0.05) is 30.6 Å². The van der Waals surface area contributed by atoms with E-state index in [1.54, 1.807) is 6.08 Å². The van der Waals surface area contributed by atoms with Gasteiger partial charge in [0.05, 0.1) is 18.8 Å². The van der Waals surface area contributed by atoms with Crippen LogP contribution in [0.1, 0.15) is 57.3 Å². The lowest BCUT2D eigenvalue weighted by molar-refractivity contribution is -0.673. The van der Waals surface area contributed by atoms with Crippen molar-refractivity contribution in [3.05, 3.63) is 47.5 Å². The Kier molecular flexibility index (Phi) is 7.92. The summed E-state index contributed by atoms with van der Waals surface area (Å²) in [6, 6.07) is 3.75. The molecule has 0 fully saturated rings. The number of oxazole rings is 2. The number of hydrogen-bond acceptors (Lipinski definition) is 7. The summed E-state index contributed by atoms with van der Waals surface area (Å²) >= 11 is 0. The van der Waals surface area contributed by atoms with Gasteiger partial charge in [-0.2, -0.15) is 4.98 Å². The summed E-state index contributed by atoms with van der Waals surface area (Å²) in [5.74, 6) is -0.434. The third-order valence-electron chi connectivity index (χ3n) is 5.70. The Balaban J connectivity index is 1.44. The molecular formula is C25H29N4O6+. The summed E-state index contributed by atoms with van der Waals surface area (Å²) < 4.78 is 13.8. The van der Waals surface area contributed by atoms with Gasteiger partial charge in [-0.15, -0.1) is 0 Å². The minimum Gasteiger partial charge on any atom is -0.481 e. The highest BCUT2D eigenvalue weighted by atomic mass is 16.4. The van der Waals surface area contributed by atoms with Gasteiger partial charge in [0.15, 0.2) is 11.2 Å². The molecule has 0 atom stereocenters. The first kappa shape index (κ1) is 24.2. The van der Waals surface area contributed by atoms with E-state index in [0.717, 1.165) is 38.8 Å². The van der Waals surface area contributed by atoms with Crippen LogP contribution in [0.4, 0.5) is 5.82 Å². The van der Waals surface area contributed by atoms with Gasteiger partial charge in [-0.3, -0.25) is 9.59 Å². The number of carboxylic acid groups (broad SMARTS) is 2. The number of aliphatic carboxylic acids is 2. The van der Waals surface area contributed by atoms with Crippen molar-refractivity contribution in [1.82, 2.24) is 9.97 Å². The molecule has 0 spiro atoms. The highest BCUT2D eigenvalue weighted by Crippen LogP contribution is 2.14. The Labute approximate surface area is 201 Å². The number of nitrogens with zero attached hydrogens (tertiary/aromatic N) is 4. The molecule has 0 aromatic carbocycles. The molecule has 0 unspecified atom stereocenters. The van der Waals surface area contributed by atoms with Crippen molar-refractivity contribution in [1.29, 1.82) is 0 Å². The van der Waals surface area contributed by atoms with Gasteiger partial charge >= 0.3 is 23.5 Å². The number of aromatic nitrogens is 3. The highest BCUT2D eigenvalue weighted by Gasteiger charge is 2.19. The monoisotopic (exact) mass is 481 g/mol. The van der Waals surface area contributed by atoms with Gasteiger partial charge in [0.25, 0.3) is 0 Å². The molecule has 10 nitrogen and oxygen atoms in total. The molecule has 4 rings (SSSR count). The summed E-state index contributed by atoms with van der Waals surface area (Å²) in [4.78, 5) is 32.5. The number of carboxylic acids is 2. The number of carbonyl (C=O) groups is 2. The molecule has 0 aliphatic carbocycles. The number of aryl methyl sites for hydroxylation is 1. The van der Waals surface area contributed by atoms with E-state index in [4.69, 9.17) is 19.0 Å². The van der Waals surface area contributed by atoms with Gasteiger partial charge in [0.1, 0.15) is 0 Å². The normalized spacial score (nSPS) is 13.3. The lowest BCUT2D eigenvalue weighted by Crippen LogP contribution is -2.34. The number of anilines is 1. The first-order valence-corrected chi connectivity index (χ1v) is 11.9. The van der Waals surface area contributed by atoms with Crippen LogP contribution < -0.4 is 20.4 Å². The van der Waals surface area contributed by atoms with E-state index < -0.39 is 11.9 Å². The first-order chi connectivity index (χ1) is 17.0. The molecule has 4 heterocycles. The van der Waals surface area contributed by atoms with Crippen LogP contribution in [0.3, 0.4) is 0 Å². The summed E-state index contributed by atoms with van der Waals surface area (Å²) in [6.45, 7) is 1.44. The van der Waals surface area contributed by atoms with Crippen LogP contribution in [-0.2, 0) is 16.1 Å². The van der Waals surface area contributed by atoms with Crippen LogP contribution in [0.25, 0.3) is 23.4 Å². The number of pyridine rings is 1. The zero-order valence-corrected chi connectivity index (χ0v) is 19.4. The predicted octanol–water partition coefficient (Wildman–Crippen LogP) is 2.34. The van der Waals surface area contributed by atoms with Crippen molar-refractivity contribution >= 4 is 41.1 Å². The molecule has 3 aromatic rings. The first-order valence-electron chi connectivity index (χ1n) is 11.9. The van der Waals surface area contributed by atoms with Gasteiger partial charge in [0.2, 0.25) is 11.1 Å². The van der Waals surface area contributed by atoms with Crippen LogP contribution in [0.5, 0.6) is 0 Å². The molecule has 35 heavy (non-hydrogen) atoms. The minimum absolute atomic E-state index is 0.188. The van der Waals surface area contributed by atoms with E-state index >= 15 is 0 Å². The summed E-state index contributed by atoms with van der Waals surface area (Å²) in [7, 11) is 0. The Morgan fingerprint density at radius 3 is 2.54 bits per heavy atom. The van der Waals surface area contributed by atoms with Gasteiger partial charge in [-0.05, 0) is 56.4 Å². The molecular weight excluding hydrogens is 452 g/mol. The smallest absolute Gasteiger partial charge is 0.370 e. The van der Waals surface area contributed by atoms with E-state index in [-0.39, 0.29) is 12.8 Å². The molecule has 1 aliphatic rings. The minimum atomic E-state index is -0.767. The molecule has 0 amide bonds. The fraction of sp³-hybridized carbons (Fsp3) is 0.400. The number of hydrogen-bond donors (Lipinski definition) is 2. The van der Waals surface area contributed by atoms with Crippen LogP contribution in [0, 0.1) is 0 Å². The Morgan fingerprint density at radius 2 is 1.77 bits per heavy atom. The second-order valence-corrected chi connectivity index (χ2v) is 8.44. The van der Waals surface area contributed by atoms with E-state index in [1.807, 2.05) is 46.1 Å². The second-order valence-electron chi connectivity index (χ2n) is 8.44. The largest absolute Gasteiger partial charge is 0.481 e. The van der Waals surface area contributed by atoms with E-state index in [0.29, 0.717) is 46.7 Å². The Morgan fingerprint density at radius 1 is 1.00 bits per heavy atom. The lowest BCUT2D eigenvalue weighted by atomic mass is 10.2. The zero-order valence-electron chi connectivity index (χ0n) is 19.4. The van der Waals surface area contributed by atoms with Gasteiger partial charge in [-0.1, -0.05) is 6.42 Å². The zero-order chi connectivity index (χ0) is 24.6. The quantitative estimate of drug-likeness (QED) is 0.279. The van der Waals surface area contributed by atoms with Crippen molar-refractivity contribution < 1.29 is 33.2 Å². The van der Waals surface area contributed by atoms with Crippen LogP contribution in [0.15, 0.2) is 39.4 Å². The summed E-state index contributed by atoms with van der Waals surface area (Å²) in [5, 5.41) is 17.5. The van der Waals surface area contributed by atoms with Crippen LogP contribution >= 0.6 is 0 Å². The topological polar surface area (TPSA) is 134 Å². The van der Waals surface area contributed by atoms with E-state index in [2.05, 4.69) is 9.97 Å². The SMILES string of the molecule is O=C(O)CCCCCN1C=CC=c2o/c(=C/c3nc4c(ccc[n+]4CCCCCC(=O)O)o3)nc21. The predicted molar refractivity (Wildman–Crippen MR) is 127 cm³/mol. The van der Waals surface area contributed by atoms with Crippen LogP contribution in [0.2, 0.25) is 0 Å². The lowest BCUT2D eigenvalue weighted by Gasteiger charge is -2.18. The van der Waals surface area contributed by atoms with Crippen molar-refractivity contribution in [3.8, 4) is 0 Å². The van der Waals surface area contributed by atoms with Crippen molar-refractivity contribution in [2.75, 3.05) is 11.4 Å². The molecule has 1 aliphatic heterocycles. The number of rotatable bonds is 13. The summed E-state index contributed by atoms with van der Waals surface area (Å²) in [5.41, 5.74) is 2.40. The van der Waals surface area contributed by atoms with E-state index in [1.165, 1.54) is 0 Å². The molecule has 0 bridgehead atoms. The van der Waals surface area contributed by atoms with Crippen molar-refractivity contribution in [2.24, 2.45) is 0 Å². The van der Waals surface area contributed by atoms with Gasteiger partial charge < -0.3 is 23.9 Å². The van der Waals surface area contributed by atoms with Crippen molar-refractivity contribution in [3.63, 3.8) is 0 Å². The maximum absolute atomic E-state index is 10.7. The number of unbranched alkanes of at least 4 members (excludes halogenated alkanes) is 4. The Hall–Kier alpha value is -3.95. The average Bonchev–Trinajstić information content (AvgIpc) is 3.42. The average molecular weight is 482 g/mol. The molecule has 0 saturated heterocycles. The van der Waals surface area contributed by atoms with Crippen molar-refractivity contribution in [2.45, 2.75) is 57.9 Å².